The van der Waals surface area contributed by atoms with Gasteiger partial charge >= 0.3 is 5.97 Å². The van der Waals surface area contributed by atoms with Crippen molar-refractivity contribution in [3.63, 3.8) is 0 Å². The number of hydrogen-bond donors (Lipinski definition) is 0. The van der Waals surface area contributed by atoms with Gasteiger partial charge in [0.1, 0.15) is 9.77 Å². The van der Waals surface area contributed by atoms with E-state index in [9.17, 15) is 18.0 Å². The van der Waals surface area contributed by atoms with E-state index in [2.05, 4.69) is 4.57 Å². The molecule has 2 aromatic heterocycles. The van der Waals surface area contributed by atoms with Crippen LogP contribution in [-0.2, 0) is 14.8 Å². The number of nitrogens with zero attached hydrogens (tertiary/aromatic N) is 2. The minimum absolute atomic E-state index is 0.0214. The van der Waals surface area contributed by atoms with E-state index in [4.69, 9.17) is 4.74 Å². The molecule has 0 spiro atoms. The summed E-state index contributed by atoms with van der Waals surface area (Å²) in [5.74, 6) is -1.05. The van der Waals surface area contributed by atoms with Crippen molar-refractivity contribution in [3.8, 4) is 0 Å². The van der Waals surface area contributed by atoms with E-state index in [1.54, 1.807) is 5.38 Å². The fraction of sp³-hybridized carbons (Fsp3) is 0.500. The zero-order valence-electron chi connectivity index (χ0n) is 16.5. The largest absolute Gasteiger partial charge is 0.453 e. The quantitative estimate of drug-likeness (QED) is 0.491. The summed E-state index contributed by atoms with van der Waals surface area (Å²) in [5.41, 5.74) is 2.47. The Balaban J connectivity index is 1.47. The highest BCUT2D eigenvalue weighted by atomic mass is 32.2. The summed E-state index contributed by atoms with van der Waals surface area (Å²) in [4.78, 5) is 25.2. The smallest absolute Gasteiger partial charge is 0.350 e. The Hall–Kier alpha value is -1.97. The van der Waals surface area contributed by atoms with Crippen molar-refractivity contribution in [2.24, 2.45) is 0 Å². The van der Waals surface area contributed by atoms with Crippen LogP contribution in [-0.4, -0.2) is 48.7 Å². The predicted octanol–water partition coefficient (Wildman–Crippen LogP) is 3.33. The summed E-state index contributed by atoms with van der Waals surface area (Å²) in [6, 6.07) is 3.72. The van der Waals surface area contributed by atoms with E-state index in [0.717, 1.165) is 48.4 Å². The van der Waals surface area contributed by atoms with Gasteiger partial charge in [0, 0.05) is 36.1 Å². The summed E-state index contributed by atoms with van der Waals surface area (Å²) in [6.07, 6.45) is 3.87. The number of aryl methyl sites for hydroxylation is 1. The van der Waals surface area contributed by atoms with E-state index >= 15 is 0 Å². The lowest BCUT2D eigenvalue weighted by molar-refractivity contribution is 0.0476. The number of Topliss-reactive ketones (excluding diaryl/α,β-unsaturated/α-hetero) is 1. The third-order valence-electron chi connectivity index (χ3n) is 5.53. The van der Waals surface area contributed by atoms with Gasteiger partial charge in [-0.2, -0.15) is 4.31 Å². The van der Waals surface area contributed by atoms with Crippen LogP contribution >= 0.6 is 11.3 Å². The second-order valence-corrected chi connectivity index (χ2v) is 10.4. The molecule has 1 aliphatic heterocycles. The SMILES string of the molecule is Cc1cc(C(=O)COC(=O)c2sccc2S(=O)(=O)N2CCCC2)c(C)n1C1CC1. The number of aromatic nitrogens is 1. The van der Waals surface area contributed by atoms with Crippen LogP contribution in [0.25, 0.3) is 0 Å². The summed E-state index contributed by atoms with van der Waals surface area (Å²) in [5, 5.41) is 1.56. The van der Waals surface area contributed by atoms with Crippen molar-refractivity contribution in [2.75, 3.05) is 19.7 Å². The van der Waals surface area contributed by atoms with Crippen LogP contribution in [0, 0.1) is 13.8 Å². The lowest BCUT2D eigenvalue weighted by Crippen LogP contribution is -2.29. The van der Waals surface area contributed by atoms with Crippen molar-refractivity contribution < 1.29 is 22.7 Å². The van der Waals surface area contributed by atoms with Crippen LogP contribution in [0.5, 0.6) is 0 Å². The Labute approximate surface area is 174 Å². The monoisotopic (exact) mass is 436 g/mol. The van der Waals surface area contributed by atoms with E-state index in [1.165, 1.54) is 10.4 Å². The van der Waals surface area contributed by atoms with Gasteiger partial charge in [-0.05, 0) is 57.0 Å². The number of esters is 1. The number of hydrogen-bond acceptors (Lipinski definition) is 6. The third kappa shape index (κ3) is 3.78. The van der Waals surface area contributed by atoms with Gasteiger partial charge in [0.25, 0.3) is 0 Å². The molecular weight excluding hydrogens is 412 g/mol. The number of carbonyl (C=O) groups is 2. The molecule has 2 aromatic rings. The first-order valence-corrected chi connectivity index (χ1v) is 12.1. The van der Waals surface area contributed by atoms with Crippen LogP contribution < -0.4 is 0 Å². The molecule has 29 heavy (non-hydrogen) atoms. The number of rotatable bonds is 7. The summed E-state index contributed by atoms with van der Waals surface area (Å²) in [7, 11) is -3.72. The van der Waals surface area contributed by atoms with Gasteiger partial charge in [-0.15, -0.1) is 11.3 Å². The molecule has 1 saturated carbocycles. The minimum atomic E-state index is -3.72. The summed E-state index contributed by atoms with van der Waals surface area (Å²) >= 11 is 1.02. The molecule has 3 heterocycles. The standard InChI is InChI=1S/C20H24N2O5S2/c1-13-11-16(14(2)22(13)15-5-6-15)17(23)12-27-20(24)19-18(7-10-28-19)29(25,26)21-8-3-4-9-21/h7,10-11,15H,3-6,8-9,12H2,1-2H3. The Morgan fingerprint density at radius 2 is 1.90 bits per heavy atom. The van der Waals surface area contributed by atoms with Crippen LogP contribution in [0.15, 0.2) is 22.4 Å². The van der Waals surface area contributed by atoms with Gasteiger partial charge in [-0.25, -0.2) is 13.2 Å². The normalized spacial score (nSPS) is 17.6. The van der Waals surface area contributed by atoms with Crippen molar-refractivity contribution >= 4 is 33.1 Å². The number of carbonyl (C=O) groups excluding carboxylic acids is 2. The molecule has 156 valence electrons. The van der Waals surface area contributed by atoms with E-state index in [1.807, 2.05) is 19.9 Å². The first kappa shape index (κ1) is 20.3. The number of thiophene rings is 1. The van der Waals surface area contributed by atoms with Gasteiger partial charge in [-0.1, -0.05) is 0 Å². The zero-order valence-corrected chi connectivity index (χ0v) is 18.1. The van der Waals surface area contributed by atoms with Crippen molar-refractivity contribution in [2.45, 2.75) is 50.5 Å². The molecule has 9 heteroatoms. The first-order chi connectivity index (χ1) is 13.8. The Morgan fingerprint density at radius 3 is 2.55 bits per heavy atom. The molecule has 2 aliphatic rings. The Bertz CT molecular complexity index is 1060. The van der Waals surface area contributed by atoms with Gasteiger partial charge in [0.15, 0.2) is 6.61 Å². The van der Waals surface area contributed by atoms with Crippen molar-refractivity contribution in [1.29, 1.82) is 0 Å². The molecule has 0 unspecified atom stereocenters. The average molecular weight is 437 g/mol. The minimum Gasteiger partial charge on any atom is -0.453 e. The maximum absolute atomic E-state index is 12.8. The van der Waals surface area contributed by atoms with E-state index < -0.39 is 22.6 Å². The van der Waals surface area contributed by atoms with Crippen LogP contribution in [0.4, 0.5) is 0 Å². The fourth-order valence-electron chi connectivity index (χ4n) is 3.95. The highest BCUT2D eigenvalue weighted by molar-refractivity contribution is 7.89. The fourth-order valence-corrected chi connectivity index (χ4v) is 6.75. The van der Waals surface area contributed by atoms with Crippen LogP contribution in [0.1, 0.15) is 63.1 Å². The Kier molecular flexibility index (Phi) is 5.39. The van der Waals surface area contributed by atoms with E-state index in [0.29, 0.717) is 24.7 Å². The maximum atomic E-state index is 12.8. The molecule has 4 rings (SSSR count). The average Bonchev–Trinajstić information content (AvgIpc) is 3.12. The lowest BCUT2D eigenvalue weighted by atomic mass is 10.1. The van der Waals surface area contributed by atoms with Crippen molar-refractivity contribution in [1.82, 2.24) is 8.87 Å². The van der Waals surface area contributed by atoms with Gasteiger partial charge in [0.05, 0.1) is 0 Å². The summed E-state index contributed by atoms with van der Waals surface area (Å²) in [6.45, 7) is 4.38. The highest BCUT2D eigenvalue weighted by Gasteiger charge is 2.33. The second kappa shape index (κ2) is 7.70. The second-order valence-electron chi connectivity index (χ2n) is 7.61. The molecule has 0 amide bonds. The first-order valence-electron chi connectivity index (χ1n) is 9.77. The van der Waals surface area contributed by atoms with Crippen LogP contribution in [0.2, 0.25) is 0 Å². The lowest BCUT2D eigenvalue weighted by Gasteiger charge is -2.15. The topological polar surface area (TPSA) is 85.7 Å². The maximum Gasteiger partial charge on any atom is 0.350 e. The molecule has 0 N–H and O–H groups in total. The molecular formula is C20H24N2O5S2. The molecule has 0 atom stereocenters. The molecule has 2 fully saturated rings. The van der Waals surface area contributed by atoms with Gasteiger partial charge < -0.3 is 9.30 Å². The molecule has 7 nitrogen and oxygen atoms in total. The van der Waals surface area contributed by atoms with Gasteiger partial charge in [0.2, 0.25) is 15.8 Å². The van der Waals surface area contributed by atoms with E-state index in [-0.39, 0.29) is 15.6 Å². The third-order valence-corrected chi connectivity index (χ3v) is 8.49. The zero-order chi connectivity index (χ0) is 20.8. The number of ether oxygens (including phenoxy) is 1. The van der Waals surface area contributed by atoms with Crippen LogP contribution in [0.3, 0.4) is 0 Å². The molecule has 0 aromatic carbocycles. The molecule has 1 saturated heterocycles. The number of sulfonamides is 1. The molecule has 1 aliphatic carbocycles. The summed E-state index contributed by atoms with van der Waals surface area (Å²) < 4.78 is 34.3. The predicted molar refractivity (Wildman–Crippen MR) is 109 cm³/mol. The molecule has 0 radical (unpaired) electrons. The van der Waals surface area contributed by atoms with Gasteiger partial charge in [-0.3, -0.25) is 4.79 Å². The highest BCUT2D eigenvalue weighted by Crippen LogP contribution is 2.38. The van der Waals surface area contributed by atoms with Crippen molar-refractivity contribution in [3.05, 3.63) is 39.3 Å². The Morgan fingerprint density at radius 1 is 1.21 bits per heavy atom. The number of ketones is 1. The molecule has 0 bridgehead atoms.